The van der Waals surface area contributed by atoms with E-state index in [-0.39, 0.29) is 5.43 Å². The SMILES string of the molecule is O=c1c2ccccc2n(-c2c3ccccc3cc3ccccc23)c2ccccc12. The minimum absolute atomic E-state index is 0.0805. The van der Waals surface area contributed by atoms with Crippen LogP contribution in [0.2, 0.25) is 0 Å². The Hall–Kier alpha value is -3.91. The summed E-state index contributed by atoms with van der Waals surface area (Å²) in [4.78, 5) is 13.2. The van der Waals surface area contributed by atoms with E-state index in [1.54, 1.807) is 0 Å². The van der Waals surface area contributed by atoms with Crippen LogP contribution in [-0.2, 0) is 0 Å². The molecule has 136 valence electrons. The summed E-state index contributed by atoms with van der Waals surface area (Å²) in [6.45, 7) is 0. The summed E-state index contributed by atoms with van der Waals surface area (Å²) in [5.74, 6) is 0. The molecule has 5 aromatic carbocycles. The van der Waals surface area contributed by atoms with Gasteiger partial charge in [-0.05, 0) is 41.1 Å². The summed E-state index contributed by atoms with van der Waals surface area (Å²) in [7, 11) is 0. The van der Waals surface area contributed by atoms with Gasteiger partial charge in [-0.2, -0.15) is 0 Å². The second kappa shape index (κ2) is 6.05. The van der Waals surface area contributed by atoms with E-state index in [1.807, 2.05) is 48.5 Å². The molecule has 0 bridgehead atoms. The second-order valence-electron chi connectivity index (χ2n) is 7.37. The summed E-state index contributed by atoms with van der Waals surface area (Å²) in [5.41, 5.74) is 3.05. The lowest BCUT2D eigenvalue weighted by Gasteiger charge is -2.19. The fourth-order valence-electron chi connectivity index (χ4n) is 4.47. The van der Waals surface area contributed by atoms with Crippen molar-refractivity contribution in [3.8, 4) is 5.69 Å². The number of para-hydroxylation sites is 2. The number of hydrogen-bond acceptors (Lipinski definition) is 1. The number of nitrogens with zero attached hydrogens (tertiary/aromatic N) is 1. The molecule has 0 saturated carbocycles. The molecule has 0 aliphatic heterocycles. The Morgan fingerprint density at radius 2 is 0.897 bits per heavy atom. The summed E-state index contributed by atoms with van der Waals surface area (Å²) >= 11 is 0. The summed E-state index contributed by atoms with van der Waals surface area (Å²) < 4.78 is 2.26. The van der Waals surface area contributed by atoms with Gasteiger partial charge in [0, 0.05) is 21.5 Å². The lowest BCUT2D eigenvalue weighted by Crippen LogP contribution is -2.10. The molecule has 0 aliphatic carbocycles. The van der Waals surface area contributed by atoms with E-state index in [2.05, 4.69) is 59.2 Å². The minimum Gasteiger partial charge on any atom is -0.308 e. The smallest absolute Gasteiger partial charge is 0.197 e. The van der Waals surface area contributed by atoms with E-state index in [1.165, 1.54) is 21.5 Å². The maximum Gasteiger partial charge on any atom is 0.197 e. The zero-order chi connectivity index (χ0) is 19.4. The van der Waals surface area contributed by atoms with Gasteiger partial charge in [0.15, 0.2) is 5.43 Å². The highest BCUT2D eigenvalue weighted by Gasteiger charge is 2.16. The van der Waals surface area contributed by atoms with Crippen LogP contribution >= 0.6 is 0 Å². The Balaban J connectivity index is 1.98. The van der Waals surface area contributed by atoms with E-state index in [0.717, 1.165) is 27.5 Å². The van der Waals surface area contributed by atoms with Crippen LogP contribution in [0.25, 0.3) is 49.0 Å². The van der Waals surface area contributed by atoms with Crippen molar-refractivity contribution in [2.24, 2.45) is 0 Å². The van der Waals surface area contributed by atoms with Crippen molar-refractivity contribution in [3.05, 3.63) is 113 Å². The molecule has 0 atom stereocenters. The highest BCUT2D eigenvalue weighted by atomic mass is 16.1. The molecule has 1 aromatic heterocycles. The van der Waals surface area contributed by atoms with Crippen molar-refractivity contribution >= 4 is 43.4 Å². The first-order valence-electron chi connectivity index (χ1n) is 9.76. The first-order chi connectivity index (χ1) is 14.3. The van der Waals surface area contributed by atoms with Crippen LogP contribution in [-0.4, -0.2) is 4.57 Å². The van der Waals surface area contributed by atoms with E-state index < -0.39 is 0 Å². The molecule has 29 heavy (non-hydrogen) atoms. The highest BCUT2D eigenvalue weighted by Crippen LogP contribution is 2.35. The molecule has 1 heterocycles. The zero-order valence-electron chi connectivity index (χ0n) is 15.7. The van der Waals surface area contributed by atoms with Crippen LogP contribution in [0.4, 0.5) is 0 Å². The van der Waals surface area contributed by atoms with Crippen molar-refractivity contribution in [2.75, 3.05) is 0 Å². The van der Waals surface area contributed by atoms with Crippen molar-refractivity contribution in [2.45, 2.75) is 0 Å². The Morgan fingerprint density at radius 1 is 0.483 bits per heavy atom. The Kier molecular flexibility index (Phi) is 3.35. The van der Waals surface area contributed by atoms with Crippen molar-refractivity contribution in [1.82, 2.24) is 4.57 Å². The molecular formula is C27H17NO. The van der Waals surface area contributed by atoms with Gasteiger partial charge in [-0.1, -0.05) is 72.8 Å². The highest BCUT2D eigenvalue weighted by molar-refractivity contribution is 6.10. The lowest BCUT2D eigenvalue weighted by molar-refractivity contribution is 1.19. The fourth-order valence-corrected chi connectivity index (χ4v) is 4.47. The number of rotatable bonds is 1. The average molecular weight is 371 g/mol. The molecule has 0 aliphatic rings. The van der Waals surface area contributed by atoms with Gasteiger partial charge in [0.1, 0.15) is 0 Å². The van der Waals surface area contributed by atoms with Crippen LogP contribution in [0, 0.1) is 0 Å². The maximum atomic E-state index is 13.2. The first kappa shape index (κ1) is 16.1. The standard InChI is InChI=1S/C27H17NO/c29-27-22-13-5-7-15-24(22)28(25-16-8-6-14-23(25)27)26-20-11-3-1-9-18(20)17-19-10-2-4-12-21(19)26/h1-17H. The largest absolute Gasteiger partial charge is 0.308 e. The minimum atomic E-state index is 0.0805. The van der Waals surface area contributed by atoms with Gasteiger partial charge >= 0.3 is 0 Å². The Morgan fingerprint density at radius 3 is 1.41 bits per heavy atom. The predicted molar refractivity (Wildman–Crippen MR) is 122 cm³/mol. The number of benzene rings is 5. The summed E-state index contributed by atoms with van der Waals surface area (Å²) in [6, 6.07) is 35.0. The van der Waals surface area contributed by atoms with Crippen LogP contribution in [0.1, 0.15) is 0 Å². The Bertz CT molecular complexity index is 1510. The van der Waals surface area contributed by atoms with Crippen LogP contribution in [0.5, 0.6) is 0 Å². The van der Waals surface area contributed by atoms with Crippen molar-refractivity contribution in [3.63, 3.8) is 0 Å². The van der Waals surface area contributed by atoms with Gasteiger partial charge in [0.25, 0.3) is 0 Å². The second-order valence-corrected chi connectivity index (χ2v) is 7.37. The van der Waals surface area contributed by atoms with Crippen molar-refractivity contribution in [1.29, 1.82) is 0 Å². The quantitative estimate of drug-likeness (QED) is 0.304. The molecule has 2 heteroatoms. The van der Waals surface area contributed by atoms with Gasteiger partial charge < -0.3 is 4.57 Å². The fraction of sp³-hybridized carbons (Fsp3) is 0. The van der Waals surface area contributed by atoms with Crippen LogP contribution in [0.3, 0.4) is 0 Å². The lowest BCUT2D eigenvalue weighted by atomic mass is 9.99. The summed E-state index contributed by atoms with van der Waals surface area (Å²) in [5, 5.41) is 6.20. The third-order valence-corrected chi connectivity index (χ3v) is 5.75. The van der Waals surface area contributed by atoms with E-state index in [4.69, 9.17) is 0 Å². The Labute approximate surface area is 167 Å². The van der Waals surface area contributed by atoms with Gasteiger partial charge in [-0.3, -0.25) is 4.79 Å². The third kappa shape index (κ3) is 2.26. The van der Waals surface area contributed by atoms with Gasteiger partial charge in [-0.15, -0.1) is 0 Å². The average Bonchev–Trinajstić information content (AvgIpc) is 2.79. The molecule has 2 nitrogen and oxygen atoms in total. The molecule has 0 N–H and O–H groups in total. The van der Waals surface area contributed by atoms with E-state index in [0.29, 0.717) is 0 Å². The molecule has 0 amide bonds. The maximum absolute atomic E-state index is 13.2. The monoisotopic (exact) mass is 371 g/mol. The van der Waals surface area contributed by atoms with Crippen LogP contribution < -0.4 is 5.43 Å². The molecule has 0 saturated heterocycles. The zero-order valence-corrected chi connectivity index (χ0v) is 15.7. The topological polar surface area (TPSA) is 22.0 Å². The van der Waals surface area contributed by atoms with Crippen LogP contribution in [0.15, 0.2) is 108 Å². The molecule has 0 fully saturated rings. The first-order valence-corrected chi connectivity index (χ1v) is 9.76. The van der Waals surface area contributed by atoms with Gasteiger partial charge in [-0.25, -0.2) is 0 Å². The molecule has 0 radical (unpaired) electrons. The molecule has 0 spiro atoms. The third-order valence-electron chi connectivity index (χ3n) is 5.75. The van der Waals surface area contributed by atoms with Crippen molar-refractivity contribution < 1.29 is 0 Å². The number of aromatic nitrogens is 1. The van der Waals surface area contributed by atoms with E-state index >= 15 is 0 Å². The van der Waals surface area contributed by atoms with Gasteiger partial charge in [0.2, 0.25) is 0 Å². The number of fused-ring (bicyclic) bond motifs is 4. The van der Waals surface area contributed by atoms with E-state index in [9.17, 15) is 4.79 Å². The molecule has 6 rings (SSSR count). The number of hydrogen-bond donors (Lipinski definition) is 0. The normalized spacial score (nSPS) is 11.6. The molecule has 6 aromatic rings. The summed E-state index contributed by atoms with van der Waals surface area (Å²) in [6.07, 6.45) is 0. The van der Waals surface area contributed by atoms with Gasteiger partial charge in [0.05, 0.1) is 16.7 Å². The predicted octanol–water partition coefficient (Wildman–Crippen LogP) is 6.45. The molecule has 0 unspecified atom stereocenters. The molecular weight excluding hydrogens is 354 g/mol. The number of pyridine rings is 1.